The van der Waals surface area contributed by atoms with Crippen molar-refractivity contribution in [1.29, 1.82) is 0 Å². The van der Waals surface area contributed by atoms with E-state index in [1.165, 1.54) is 24.8 Å². The standard InChI is InChI=1S/C10H9IS/c1-6-3-4-8(11)9-7(2)5-12-10(6)9/h3-5H,1-2H3. The fourth-order valence-corrected chi connectivity index (χ4v) is 3.50. The van der Waals surface area contributed by atoms with Crippen LogP contribution >= 0.6 is 33.9 Å². The normalized spacial score (nSPS) is 10.9. The number of halogens is 1. The lowest BCUT2D eigenvalue weighted by Crippen LogP contribution is -1.78. The van der Waals surface area contributed by atoms with E-state index in [1.807, 2.05) is 11.3 Å². The zero-order valence-corrected chi connectivity index (χ0v) is 9.99. The summed E-state index contributed by atoms with van der Waals surface area (Å²) in [5, 5.41) is 3.68. The van der Waals surface area contributed by atoms with Gasteiger partial charge >= 0.3 is 0 Å². The van der Waals surface area contributed by atoms with Crippen LogP contribution in [-0.2, 0) is 0 Å². The Hall–Kier alpha value is -0.0900. The predicted molar refractivity (Wildman–Crippen MR) is 64.0 cm³/mol. The molecule has 0 aliphatic carbocycles. The first kappa shape index (κ1) is 8.51. The topological polar surface area (TPSA) is 0 Å². The number of fused-ring (bicyclic) bond motifs is 1. The quantitative estimate of drug-likeness (QED) is 0.640. The minimum atomic E-state index is 1.37. The molecular weight excluding hydrogens is 279 g/mol. The highest BCUT2D eigenvalue weighted by molar-refractivity contribution is 14.1. The van der Waals surface area contributed by atoms with E-state index in [9.17, 15) is 0 Å². The molecule has 2 rings (SSSR count). The number of rotatable bonds is 0. The molecule has 0 N–H and O–H groups in total. The van der Waals surface area contributed by atoms with Crippen LogP contribution in [0.4, 0.5) is 0 Å². The lowest BCUT2D eigenvalue weighted by molar-refractivity contribution is 1.52. The van der Waals surface area contributed by atoms with Crippen LogP contribution in [-0.4, -0.2) is 0 Å². The summed E-state index contributed by atoms with van der Waals surface area (Å²) in [6.45, 7) is 4.36. The number of benzene rings is 1. The van der Waals surface area contributed by atoms with Gasteiger partial charge in [0.05, 0.1) is 0 Å². The van der Waals surface area contributed by atoms with Gasteiger partial charge in [0, 0.05) is 13.7 Å². The Morgan fingerprint density at radius 1 is 1.17 bits per heavy atom. The lowest BCUT2D eigenvalue weighted by atomic mass is 10.1. The molecule has 0 unspecified atom stereocenters. The van der Waals surface area contributed by atoms with Crippen molar-refractivity contribution >= 4 is 44.0 Å². The largest absolute Gasteiger partial charge is 0.143 e. The van der Waals surface area contributed by atoms with Crippen molar-refractivity contribution in [2.24, 2.45) is 0 Å². The summed E-state index contributed by atoms with van der Waals surface area (Å²) >= 11 is 4.25. The molecule has 0 radical (unpaired) electrons. The molecule has 1 aromatic carbocycles. The minimum Gasteiger partial charge on any atom is -0.143 e. The zero-order chi connectivity index (χ0) is 8.72. The van der Waals surface area contributed by atoms with Gasteiger partial charge < -0.3 is 0 Å². The molecule has 62 valence electrons. The summed E-state index contributed by atoms with van der Waals surface area (Å²) < 4.78 is 2.81. The third-order valence-corrected chi connectivity index (χ3v) is 4.18. The van der Waals surface area contributed by atoms with Gasteiger partial charge in [-0.05, 0) is 59.0 Å². The maximum absolute atomic E-state index is 2.40. The summed E-state index contributed by atoms with van der Waals surface area (Å²) in [5.74, 6) is 0. The molecule has 0 aliphatic rings. The van der Waals surface area contributed by atoms with Crippen LogP contribution in [0.3, 0.4) is 0 Å². The summed E-state index contributed by atoms with van der Waals surface area (Å²) in [6, 6.07) is 4.39. The van der Waals surface area contributed by atoms with E-state index >= 15 is 0 Å². The van der Waals surface area contributed by atoms with E-state index in [4.69, 9.17) is 0 Å². The maximum atomic E-state index is 2.40. The first-order chi connectivity index (χ1) is 5.70. The second kappa shape index (κ2) is 3.00. The first-order valence-corrected chi connectivity index (χ1v) is 5.79. The summed E-state index contributed by atoms with van der Waals surface area (Å²) in [4.78, 5) is 0. The summed E-state index contributed by atoms with van der Waals surface area (Å²) in [6.07, 6.45) is 0. The molecule has 0 saturated carbocycles. The van der Waals surface area contributed by atoms with Gasteiger partial charge in [-0.2, -0.15) is 0 Å². The molecule has 2 heteroatoms. The highest BCUT2D eigenvalue weighted by atomic mass is 127. The van der Waals surface area contributed by atoms with Crippen LogP contribution in [0.25, 0.3) is 10.1 Å². The SMILES string of the molecule is Cc1ccc(I)c2c(C)csc12. The molecule has 0 amide bonds. The Bertz CT molecular complexity index is 429. The number of hydrogen-bond acceptors (Lipinski definition) is 1. The average Bonchev–Trinajstić information content (AvgIpc) is 2.42. The van der Waals surface area contributed by atoms with Crippen molar-refractivity contribution in [3.8, 4) is 0 Å². The highest BCUT2D eigenvalue weighted by Gasteiger charge is 2.05. The minimum absolute atomic E-state index is 1.37. The lowest BCUT2D eigenvalue weighted by Gasteiger charge is -1.98. The van der Waals surface area contributed by atoms with Crippen molar-refractivity contribution in [3.05, 3.63) is 32.2 Å². The molecule has 0 atom stereocenters. The van der Waals surface area contributed by atoms with Gasteiger partial charge in [0.1, 0.15) is 0 Å². The van der Waals surface area contributed by atoms with E-state index in [0.29, 0.717) is 0 Å². The predicted octanol–water partition coefficient (Wildman–Crippen LogP) is 4.12. The number of thiophene rings is 1. The van der Waals surface area contributed by atoms with Crippen molar-refractivity contribution in [2.45, 2.75) is 13.8 Å². The number of aryl methyl sites for hydroxylation is 2. The molecule has 0 saturated heterocycles. The van der Waals surface area contributed by atoms with E-state index in [-0.39, 0.29) is 0 Å². The van der Waals surface area contributed by atoms with E-state index in [0.717, 1.165) is 0 Å². The highest BCUT2D eigenvalue weighted by Crippen LogP contribution is 2.31. The molecule has 0 spiro atoms. The smallest absolute Gasteiger partial charge is 0.0385 e. The Morgan fingerprint density at radius 2 is 1.92 bits per heavy atom. The van der Waals surface area contributed by atoms with E-state index in [2.05, 4.69) is 54.0 Å². The van der Waals surface area contributed by atoms with Gasteiger partial charge in [0.15, 0.2) is 0 Å². The molecular formula is C10H9IS. The molecule has 0 fully saturated rings. The van der Waals surface area contributed by atoms with Crippen molar-refractivity contribution in [1.82, 2.24) is 0 Å². The second-order valence-electron chi connectivity index (χ2n) is 2.99. The van der Waals surface area contributed by atoms with Gasteiger partial charge in [-0.1, -0.05) is 6.07 Å². The molecule has 1 heterocycles. The zero-order valence-electron chi connectivity index (χ0n) is 7.02. The maximum Gasteiger partial charge on any atom is 0.0385 e. The van der Waals surface area contributed by atoms with Crippen molar-refractivity contribution < 1.29 is 0 Å². The molecule has 2 aromatic rings. The van der Waals surface area contributed by atoms with Crippen LogP contribution in [0.5, 0.6) is 0 Å². The van der Waals surface area contributed by atoms with Crippen molar-refractivity contribution in [2.75, 3.05) is 0 Å². The average molecular weight is 288 g/mol. The van der Waals surface area contributed by atoms with Crippen LogP contribution in [0, 0.1) is 17.4 Å². The van der Waals surface area contributed by atoms with Crippen LogP contribution in [0.1, 0.15) is 11.1 Å². The first-order valence-electron chi connectivity index (χ1n) is 3.83. The molecule has 0 bridgehead atoms. The van der Waals surface area contributed by atoms with Crippen LogP contribution in [0.15, 0.2) is 17.5 Å². The van der Waals surface area contributed by atoms with Gasteiger partial charge in [0.25, 0.3) is 0 Å². The number of hydrogen-bond donors (Lipinski definition) is 0. The fraction of sp³-hybridized carbons (Fsp3) is 0.200. The van der Waals surface area contributed by atoms with E-state index in [1.54, 1.807) is 0 Å². The Balaban J connectivity index is 2.98. The molecule has 0 nitrogen and oxygen atoms in total. The van der Waals surface area contributed by atoms with Gasteiger partial charge in [-0.15, -0.1) is 11.3 Å². The third-order valence-electron chi connectivity index (χ3n) is 2.05. The summed E-state index contributed by atoms with van der Waals surface area (Å²) in [7, 11) is 0. The Kier molecular flexibility index (Phi) is 2.12. The molecule has 12 heavy (non-hydrogen) atoms. The van der Waals surface area contributed by atoms with Crippen LogP contribution < -0.4 is 0 Å². The fourth-order valence-electron chi connectivity index (χ4n) is 1.39. The third kappa shape index (κ3) is 1.17. The summed E-state index contributed by atoms with van der Waals surface area (Å²) in [5.41, 5.74) is 2.80. The molecule has 1 aromatic heterocycles. The Morgan fingerprint density at radius 3 is 2.58 bits per heavy atom. The van der Waals surface area contributed by atoms with Gasteiger partial charge in [0.2, 0.25) is 0 Å². The van der Waals surface area contributed by atoms with Crippen molar-refractivity contribution in [3.63, 3.8) is 0 Å². The van der Waals surface area contributed by atoms with Crippen LogP contribution in [0.2, 0.25) is 0 Å². The molecule has 0 aliphatic heterocycles. The Labute approximate surface area is 89.7 Å². The van der Waals surface area contributed by atoms with E-state index < -0.39 is 0 Å². The van der Waals surface area contributed by atoms with Gasteiger partial charge in [-0.3, -0.25) is 0 Å². The van der Waals surface area contributed by atoms with Gasteiger partial charge in [-0.25, -0.2) is 0 Å². The second-order valence-corrected chi connectivity index (χ2v) is 5.03. The monoisotopic (exact) mass is 288 g/mol.